The van der Waals surface area contributed by atoms with Gasteiger partial charge in [0.2, 0.25) is 0 Å². The molecule has 5 rings (SSSR count). The van der Waals surface area contributed by atoms with E-state index in [4.69, 9.17) is 21.0 Å². The Morgan fingerprint density at radius 1 is 0.567 bits per heavy atom. The van der Waals surface area contributed by atoms with Gasteiger partial charge in [-0.25, -0.2) is 0 Å². The lowest BCUT2D eigenvalue weighted by Crippen LogP contribution is -1.92. The van der Waals surface area contributed by atoms with Crippen molar-refractivity contribution in [3.8, 4) is 24.3 Å². The van der Waals surface area contributed by atoms with Gasteiger partial charge in [0.05, 0.1) is 11.4 Å². The third kappa shape index (κ3) is 2.50. The van der Waals surface area contributed by atoms with Crippen LogP contribution in [0.5, 0.6) is 0 Å². The molecular formula is C22H8N6S2. The normalized spacial score (nSPS) is 13.3. The van der Waals surface area contributed by atoms with Gasteiger partial charge in [-0.3, -0.25) is 0 Å². The van der Waals surface area contributed by atoms with E-state index in [1.165, 1.54) is 23.5 Å². The number of fused-ring (bicyclic) bond motifs is 7. The van der Waals surface area contributed by atoms with Crippen molar-refractivity contribution < 1.29 is 0 Å². The molecule has 0 unspecified atom stereocenters. The van der Waals surface area contributed by atoms with Gasteiger partial charge >= 0.3 is 0 Å². The molecule has 2 aliphatic heterocycles. The number of nitriles is 4. The summed E-state index contributed by atoms with van der Waals surface area (Å²) >= 11 is 2.79. The molecule has 0 bridgehead atoms. The van der Waals surface area contributed by atoms with Gasteiger partial charge in [0.25, 0.3) is 0 Å². The Kier molecular flexibility index (Phi) is 4.05. The van der Waals surface area contributed by atoms with E-state index in [0.717, 1.165) is 42.7 Å². The first-order chi connectivity index (χ1) is 14.7. The molecular weight excluding hydrogens is 412 g/mol. The lowest BCUT2D eigenvalue weighted by Gasteiger charge is -2.09. The number of hydrogen-bond donors (Lipinski definition) is 2. The predicted octanol–water partition coefficient (Wildman–Crippen LogP) is 5.55. The van der Waals surface area contributed by atoms with Gasteiger partial charge in [-0.2, -0.15) is 21.0 Å². The van der Waals surface area contributed by atoms with E-state index in [2.05, 4.69) is 10.6 Å². The molecule has 30 heavy (non-hydrogen) atoms. The number of thioether (sulfide) groups is 2. The van der Waals surface area contributed by atoms with Crippen LogP contribution >= 0.6 is 23.5 Å². The van der Waals surface area contributed by atoms with E-state index in [-0.39, 0.29) is 11.1 Å². The van der Waals surface area contributed by atoms with Crippen LogP contribution in [0.2, 0.25) is 0 Å². The van der Waals surface area contributed by atoms with Crippen LogP contribution in [0.4, 0.5) is 11.4 Å². The first-order valence-corrected chi connectivity index (χ1v) is 10.3. The number of benzene rings is 3. The fourth-order valence-corrected chi connectivity index (χ4v) is 5.71. The Morgan fingerprint density at radius 2 is 0.933 bits per heavy atom. The molecule has 3 aromatic rings. The van der Waals surface area contributed by atoms with Gasteiger partial charge in [0.15, 0.2) is 11.1 Å². The van der Waals surface area contributed by atoms with Crippen molar-refractivity contribution in [2.24, 2.45) is 0 Å². The van der Waals surface area contributed by atoms with Crippen molar-refractivity contribution in [3.63, 3.8) is 0 Å². The van der Waals surface area contributed by atoms with Crippen molar-refractivity contribution in [3.05, 3.63) is 57.6 Å². The fraction of sp³-hybridized carbons (Fsp3) is 0. The van der Waals surface area contributed by atoms with Crippen molar-refractivity contribution in [1.82, 2.24) is 0 Å². The smallest absolute Gasteiger partial charge is 0.160 e. The van der Waals surface area contributed by atoms with Crippen LogP contribution in [-0.4, -0.2) is 0 Å². The molecule has 8 heteroatoms. The minimum atomic E-state index is 0.0653. The largest absolute Gasteiger partial charge is 0.347 e. The van der Waals surface area contributed by atoms with E-state index in [9.17, 15) is 0 Å². The van der Waals surface area contributed by atoms with Gasteiger partial charge in [-0.15, -0.1) is 0 Å². The standard InChI is InChI=1S/C22H8N6S2/c23-7-11(8-24)21-27-17-5-3-13-14-4-6-18-20(30-22(28-18)12(9-25)10-26)16(14)2-1-15(13)19(17)29-21/h1-6,27-28H. The summed E-state index contributed by atoms with van der Waals surface area (Å²) in [5, 5.41) is 48.3. The van der Waals surface area contributed by atoms with Gasteiger partial charge in [-0.1, -0.05) is 47.8 Å². The van der Waals surface area contributed by atoms with Crippen LogP contribution in [-0.2, 0) is 0 Å². The van der Waals surface area contributed by atoms with E-state index in [1.54, 1.807) is 0 Å². The zero-order valence-electron chi connectivity index (χ0n) is 15.1. The molecule has 138 valence electrons. The van der Waals surface area contributed by atoms with Gasteiger partial charge in [0, 0.05) is 9.79 Å². The molecule has 3 aromatic carbocycles. The van der Waals surface area contributed by atoms with Crippen LogP contribution in [0.3, 0.4) is 0 Å². The molecule has 0 atom stereocenters. The molecule has 0 aliphatic carbocycles. The third-order valence-corrected chi connectivity index (χ3v) is 7.21. The summed E-state index contributed by atoms with van der Waals surface area (Å²) in [5.74, 6) is 0. The van der Waals surface area contributed by atoms with Crippen molar-refractivity contribution in [1.29, 1.82) is 21.0 Å². The molecule has 0 fully saturated rings. The average molecular weight is 420 g/mol. The maximum atomic E-state index is 9.17. The highest BCUT2D eigenvalue weighted by molar-refractivity contribution is 8.04. The second-order valence-corrected chi connectivity index (χ2v) is 8.49. The molecule has 0 amide bonds. The molecule has 0 radical (unpaired) electrons. The lowest BCUT2D eigenvalue weighted by molar-refractivity contribution is 1.43. The predicted molar refractivity (Wildman–Crippen MR) is 117 cm³/mol. The molecule has 2 heterocycles. The molecule has 0 aromatic heterocycles. The van der Waals surface area contributed by atoms with Crippen LogP contribution < -0.4 is 10.6 Å². The third-order valence-electron chi connectivity index (χ3n) is 4.90. The van der Waals surface area contributed by atoms with Crippen LogP contribution in [0.25, 0.3) is 21.5 Å². The van der Waals surface area contributed by atoms with Gasteiger partial charge < -0.3 is 10.6 Å². The maximum Gasteiger partial charge on any atom is 0.160 e. The number of allylic oxidation sites excluding steroid dienone is 2. The second kappa shape index (κ2) is 6.76. The lowest BCUT2D eigenvalue weighted by atomic mass is 10.0. The Hall–Kier alpha value is -4.08. The van der Waals surface area contributed by atoms with Crippen LogP contribution in [0.1, 0.15) is 0 Å². The Labute approximate surface area is 179 Å². The Bertz CT molecular complexity index is 1390. The SMILES string of the molecule is N#CC(C#N)=C1Nc2ccc3c(ccc4c5c(ccc43)NC(=C(C#N)C#N)S5)c2S1. The number of nitrogens with zero attached hydrogens (tertiary/aromatic N) is 4. The van der Waals surface area contributed by atoms with E-state index in [0.29, 0.717) is 10.1 Å². The van der Waals surface area contributed by atoms with E-state index < -0.39 is 0 Å². The molecule has 0 saturated carbocycles. The molecule has 2 N–H and O–H groups in total. The Morgan fingerprint density at radius 3 is 1.30 bits per heavy atom. The molecule has 0 spiro atoms. The van der Waals surface area contributed by atoms with Gasteiger partial charge in [-0.05, 0) is 33.7 Å². The van der Waals surface area contributed by atoms with Crippen molar-refractivity contribution >= 4 is 56.4 Å². The van der Waals surface area contributed by atoms with Crippen molar-refractivity contribution in [2.75, 3.05) is 10.6 Å². The Balaban J connectivity index is 1.70. The zero-order valence-corrected chi connectivity index (χ0v) is 16.7. The molecule has 2 aliphatic rings. The molecule has 0 saturated heterocycles. The minimum Gasteiger partial charge on any atom is -0.347 e. The highest BCUT2D eigenvalue weighted by atomic mass is 32.2. The van der Waals surface area contributed by atoms with Gasteiger partial charge in [0.1, 0.15) is 34.3 Å². The van der Waals surface area contributed by atoms with E-state index in [1.807, 2.05) is 60.7 Å². The topological polar surface area (TPSA) is 119 Å². The summed E-state index contributed by atoms with van der Waals surface area (Å²) in [7, 11) is 0. The maximum absolute atomic E-state index is 9.17. The summed E-state index contributed by atoms with van der Waals surface area (Å²) in [6.07, 6.45) is 0. The number of rotatable bonds is 0. The van der Waals surface area contributed by atoms with Crippen molar-refractivity contribution in [2.45, 2.75) is 9.79 Å². The second-order valence-electron chi connectivity index (χ2n) is 6.45. The zero-order chi connectivity index (χ0) is 20.8. The molecule has 6 nitrogen and oxygen atoms in total. The number of nitrogens with one attached hydrogen (secondary N) is 2. The first kappa shape index (κ1) is 18.0. The number of anilines is 2. The summed E-state index contributed by atoms with van der Waals surface area (Å²) in [6, 6.07) is 19.8. The highest BCUT2D eigenvalue weighted by Crippen LogP contribution is 2.50. The monoisotopic (exact) mass is 420 g/mol. The van der Waals surface area contributed by atoms with Crippen LogP contribution in [0.15, 0.2) is 67.4 Å². The summed E-state index contributed by atoms with van der Waals surface area (Å²) in [6.45, 7) is 0. The summed E-state index contributed by atoms with van der Waals surface area (Å²) < 4.78 is 0. The summed E-state index contributed by atoms with van der Waals surface area (Å²) in [5.41, 5.74) is 1.88. The minimum absolute atomic E-state index is 0.0653. The highest BCUT2D eigenvalue weighted by Gasteiger charge is 2.25. The summed E-state index contributed by atoms with van der Waals surface area (Å²) in [4.78, 5) is 1.96. The number of hydrogen-bond acceptors (Lipinski definition) is 8. The van der Waals surface area contributed by atoms with Crippen LogP contribution in [0, 0.1) is 45.3 Å². The van der Waals surface area contributed by atoms with E-state index >= 15 is 0 Å². The fourth-order valence-electron chi connectivity index (χ4n) is 3.56. The average Bonchev–Trinajstić information content (AvgIpc) is 3.39. The first-order valence-electron chi connectivity index (χ1n) is 8.69. The quantitative estimate of drug-likeness (QED) is 0.359.